The van der Waals surface area contributed by atoms with Gasteiger partial charge < -0.3 is 9.64 Å². The molecule has 32 heavy (non-hydrogen) atoms. The average Bonchev–Trinajstić information content (AvgIpc) is 3.20. The molecule has 0 radical (unpaired) electrons. The number of benzene rings is 1. The zero-order valence-electron chi connectivity index (χ0n) is 18.7. The van der Waals surface area contributed by atoms with Crippen molar-refractivity contribution in [2.45, 2.75) is 33.1 Å². The Hall–Kier alpha value is -3.61. The Labute approximate surface area is 186 Å². The van der Waals surface area contributed by atoms with Crippen LogP contribution in [0.5, 0.6) is 5.88 Å². The lowest BCUT2D eigenvalue weighted by molar-refractivity contribution is 0.398. The third-order valence-corrected chi connectivity index (χ3v) is 6.18. The van der Waals surface area contributed by atoms with Crippen LogP contribution in [0.4, 0.5) is 5.69 Å². The molecule has 164 valence electrons. The van der Waals surface area contributed by atoms with E-state index in [0.29, 0.717) is 22.8 Å². The molecule has 0 amide bonds. The highest BCUT2D eigenvalue weighted by Gasteiger charge is 2.25. The first-order chi connectivity index (χ1) is 15.6. The van der Waals surface area contributed by atoms with Gasteiger partial charge in [0.1, 0.15) is 5.69 Å². The number of nitrogens with zero attached hydrogens (tertiary/aromatic N) is 4. The number of aryl methyl sites for hydroxylation is 2. The molecule has 1 aliphatic heterocycles. The summed E-state index contributed by atoms with van der Waals surface area (Å²) in [6.45, 7) is 5.89. The van der Waals surface area contributed by atoms with Crippen LogP contribution < -0.4 is 15.2 Å². The lowest BCUT2D eigenvalue weighted by atomic mass is 10.1. The molecule has 0 unspecified atom stereocenters. The molecule has 7 heteroatoms. The number of ether oxygens (including phenoxy) is 1. The van der Waals surface area contributed by atoms with Crippen LogP contribution in [0.15, 0.2) is 47.4 Å². The van der Waals surface area contributed by atoms with Gasteiger partial charge in [0.2, 0.25) is 5.88 Å². The van der Waals surface area contributed by atoms with E-state index in [1.54, 1.807) is 23.9 Å². The van der Waals surface area contributed by atoms with E-state index >= 15 is 0 Å². The van der Waals surface area contributed by atoms with Gasteiger partial charge in [0.15, 0.2) is 5.65 Å². The average molecular weight is 430 g/mol. The molecule has 0 aliphatic carbocycles. The molecule has 7 nitrogen and oxygen atoms in total. The van der Waals surface area contributed by atoms with Crippen molar-refractivity contribution < 1.29 is 4.74 Å². The lowest BCUT2D eigenvalue weighted by Gasteiger charge is -2.28. The maximum absolute atomic E-state index is 13.7. The van der Waals surface area contributed by atoms with Crippen LogP contribution in [0, 0.1) is 13.8 Å². The molecular weight excluding hydrogens is 402 g/mol. The van der Waals surface area contributed by atoms with E-state index in [1.165, 1.54) is 12.0 Å². The van der Waals surface area contributed by atoms with Crippen LogP contribution in [0.1, 0.15) is 30.5 Å². The number of pyridine rings is 1. The molecule has 0 bridgehead atoms. The number of aromatic nitrogens is 4. The standard InChI is InChI=1S/C25H27N5O2/c1-16-7-9-18(10-8-16)22-23(29-13-5-4-6-14-29)24-27-17(2)21(25(31)30(24)28-22)19-11-12-20(32-3)26-15-19/h7-12,15,28H,4-6,13-14H2,1-3H3. The predicted molar refractivity (Wildman–Crippen MR) is 127 cm³/mol. The monoisotopic (exact) mass is 429 g/mol. The Bertz CT molecular complexity index is 1310. The van der Waals surface area contributed by atoms with E-state index in [2.05, 4.69) is 46.2 Å². The van der Waals surface area contributed by atoms with E-state index in [-0.39, 0.29) is 5.56 Å². The summed E-state index contributed by atoms with van der Waals surface area (Å²) < 4.78 is 6.75. The number of rotatable bonds is 4. The van der Waals surface area contributed by atoms with Crippen molar-refractivity contribution in [1.29, 1.82) is 0 Å². The number of nitrogens with one attached hydrogen (secondary N) is 1. The molecule has 0 atom stereocenters. The first-order valence-electron chi connectivity index (χ1n) is 11.0. The molecule has 1 aromatic carbocycles. The highest BCUT2D eigenvalue weighted by atomic mass is 16.5. The Morgan fingerprint density at radius 3 is 2.34 bits per heavy atom. The van der Waals surface area contributed by atoms with E-state index in [4.69, 9.17) is 9.72 Å². The minimum absolute atomic E-state index is 0.129. The van der Waals surface area contributed by atoms with Gasteiger partial charge in [-0.3, -0.25) is 9.89 Å². The number of anilines is 1. The summed E-state index contributed by atoms with van der Waals surface area (Å²) in [4.78, 5) is 25.2. The van der Waals surface area contributed by atoms with Crippen LogP contribution in [0.2, 0.25) is 0 Å². The zero-order chi connectivity index (χ0) is 22.2. The summed E-state index contributed by atoms with van der Waals surface area (Å²) >= 11 is 0. The van der Waals surface area contributed by atoms with E-state index < -0.39 is 0 Å². The van der Waals surface area contributed by atoms with Gasteiger partial charge in [-0.2, -0.15) is 4.52 Å². The quantitative estimate of drug-likeness (QED) is 0.521. The molecular formula is C25H27N5O2. The molecule has 0 saturated carbocycles. The largest absolute Gasteiger partial charge is 0.481 e. The van der Waals surface area contributed by atoms with Crippen molar-refractivity contribution >= 4 is 11.3 Å². The zero-order valence-corrected chi connectivity index (χ0v) is 18.7. The minimum Gasteiger partial charge on any atom is -0.481 e. The van der Waals surface area contributed by atoms with Gasteiger partial charge in [0, 0.05) is 36.5 Å². The molecule has 4 aromatic rings. The fourth-order valence-electron chi connectivity index (χ4n) is 4.49. The highest BCUT2D eigenvalue weighted by Crippen LogP contribution is 2.35. The summed E-state index contributed by atoms with van der Waals surface area (Å²) in [7, 11) is 1.57. The number of fused-ring (bicyclic) bond motifs is 1. The SMILES string of the molecule is COc1ccc(-c2c(C)nc3c(N4CCCCC4)c(-c4ccc(C)cc4)[nH]n3c2=O)cn1. The Morgan fingerprint density at radius 1 is 0.969 bits per heavy atom. The minimum atomic E-state index is -0.129. The molecule has 1 fully saturated rings. The smallest absolute Gasteiger partial charge is 0.280 e. The molecule has 1 saturated heterocycles. The number of H-pyrrole nitrogens is 1. The lowest BCUT2D eigenvalue weighted by Crippen LogP contribution is -2.30. The van der Waals surface area contributed by atoms with Gasteiger partial charge in [-0.15, -0.1) is 0 Å². The third-order valence-electron chi connectivity index (χ3n) is 6.18. The van der Waals surface area contributed by atoms with Gasteiger partial charge in [-0.25, -0.2) is 9.97 Å². The summed E-state index contributed by atoms with van der Waals surface area (Å²) in [6, 6.07) is 12.0. The first-order valence-corrected chi connectivity index (χ1v) is 11.0. The van der Waals surface area contributed by atoms with Gasteiger partial charge >= 0.3 is 0 Å². The van der Waals surface area contributed by atoms with E-state index in [0.717, 1.165) is 48.4 Å². The molecule has 5 rings (SSSR count). The summed E-state index contributed by atoms with van der Waals surface area (Å²) in [5, 5.41) is 3.38. The molecule has 4 heterocycles. The van der Waals surface area contributed by atoms with Crippen LogP contribution in [-0.4, -0.2) is 39.8 Å². The maximum Gasteiger partial charge on any atom is 0.280 e. The molecule has 3 aromatic heterocycles. The van der Waals surface area contributed by atoms with Crippen molar-refractivity contribution in [3.05, 3.63) is 64.2 Å². The summed E-state index contributed by atoms with van der Waals surface area (Å²) in [5.74, 6) is 0.509. The van der Waals surface area contributed by atoms with Crippen molar-refractivity contribution in [2.75, 3.05) is 25.1 Å². The number of piperidine rings is 1. The number of methoxy groups -OCH3 is 1. The van der Waals surface area contributed by atoms with Gasteiger partial charge in [-0.05, 0) is 39.2 Å². The van der Waals surface area contributed by atoms with Gasteiger partial charge in [0.25, 0.3) is 5.56 Å². The molecule has 0 spiro atoms. The van der Waals surface area contributed by atoms with Crippen LogP contribution in [-0.2, 0) is 0 Å². The summed E-state index contributed by atoms with van der Waals surface area (Å²) in [5.41, 5.74) is 6.69. The normalized spacial score (nSPS) is 14.2. The second-order valence-electron chi connectivity index (χ2n) is 8.37. The van der Waals surface area contributed by atoms with Gasteiger partial charge in [-0.1, -0.05) is 29.8 Å². The molecule has 1 aliphatic rings. The van der Waals surface area contributed by atoms with Crippen LogP contribution in [0.3, 0.4) is 0 Å². The fraction of sp³-hybridized carbons (Fsp3) is 0.320. The van der Waals surface area contributed by atoms with Crippen molar-refractivity contribution in [3.63, 3.8) is 0 Å². The first kappa shape index (κ1) is 20.3. The van der Waals surface area contributed by atoms with Crippen molar-refractivity contribution in [2.24, 2.45) is 0 Å². The van der Waals surface area contributed by atoms with Crippen molar-refractivity contribution in [1.82, 2.24) is 19.6 Å². The van der Waals surface area contributed by atoms with Crippen molar-refractivity contribution in [3.8, 4) is 28.3 Å². The second kappa shape index (κ2) is 8.15. The van der Waals surface area contributed by atoms with Gasteiger partial charge in [0.05, 0.1) is 24.1 Å². The van der Waals surface area contributed by atoms with Crippen LogP contribution >= 0.6 is 0 Å². The molecule has 1 N–H and O–H groups in total. The third kappa shape index (κ3) is 3.43. The predicted octanol–water partition coefficient (Wildman–Crippen LogP) is 4.37. The highest BCUT2D eigenvalue weighted by molar-refractivity contribution is 5.87. The second-order valence-corrected chi connectivity index (χ2v) is 8.37. The number of hydrogen-bond donors (Lipinski definition) is 1. The topological polar surface area (TPSA) is 75.5 Å². The summed E-state index contributed by atoms with van der Waals surface area (Å²) in [6.07, 6.45) is 5.18. The maximum atomic E-state index is 13.7. The number of aromatic amines is 1. The fourth-order valence-corrected chi connectivity index (χ4v) is 4.49. The van der Waals surface area contributed by atoms with E-state index in [1.807, 2.05) is 13.0 Å². The Balaban J connectivity index is 1.75. The van der Waals surface area contributed by atoms with Crippen LogP contribution in [0.25, 0.3) is 28.0 Å². The Morgan fingerprint density at radius 2 is 1.69 bits per heavy atom. The van der Waals surface area contributed by atoms with E-state index in [9.17, 15) is 4.79 Å². The Kier molecular flexibility index (Phi) is 5.17. The number of hydrogen-bond acceptors (Lipinski definition) is 5.